The van der Waals surface area contributed by atoms with E-state index in [0.717, 1.165) is 5.54 Å². The standard InChI is InChI=1S/C12H26OSi/c1-12(2,13)10-8-6-7-9-11(10)14(3,4)5/h10-11,13H,6-9H2,1-5H3/t10-,11-/m1/s1. The Bertz CT molecular complexity index is 165. The maximum absolute atomic E-state index is 10.2. The van der Waals surface area contributed by atoms with Gasteiger partial charge in [0.15, 0.2) is 0 Å². The monoisotopic (exact) mass is 214 g/mol. The molecule has 0 bridgehead atoms. The first-order valence-corrected chi connectivity index (χ1v) is 9.53. The van der Waals surface area contributed by atoms with E-state index < -0.39 is 13.7 Å². The van der Waals surface area contributed by atoms with Crippen molar-refractivity contribution in [3.63, 3.8) is 0 Å². The molecule has 0 spiro atoms. The Labute approximate surface area is 89.9 Å². The van der Waals surface area contributed by atoms with Crippen LogP contribution in [0.3, 0.4) is 0 Å². The fourth-order valence-corrected chi connectivity index (χ4v) is 5.86. The summed E-state index contributed by atoms with van der Waals surface area (Å²) in [6.07, 6.45) is 5.28. The van der Waals surface area contributed by atoms with Gasteiger partial charge < -0.3 is 5.11 Å². The minimum Gasteiger partial charge on any atom is -0.390 e. The Morgan fingerprint density at radius 3 is 1.93 bits per heavy atom. The molecule has 1 rings (SSSR count). The molecule has 0 heterocycles. The van der Waals surface area contributed by atoms with Crippen LogP contribution in [0.2, 0.25) is 25.2 Å². The van der Waals surface area contributed by atoms with E-state index in [1.165, 1.54) is 25.7 Å². The number of aliphatic hydroxyl groups is 1. The average molecular weight is 214 g/mol. The normalized spacial score (nSPS) is 30.4. The average Bonchev–Trinajstić information content (AvgIpc) is 2.01. The molecule has 0 unspecified atom stereocenters. The van der Waals surface area contributed by atoms with Crippen LogP contribution in [-0.4, -0.2) is 18.8 Å². The highest BCUT2D eigenvalue weighted by Crippen LogP contribution is 2.46. The lowest BCUT2D eigenvalue weighted by molar-refractivity contribution is -0.000134. The molecule has 1 aliphatic rings. The van der Waals surface area contributed by atoms with Crippen molar-refractivity contribution < 1.29 is 5.11 Å². The molecule has 1 aliphatic carbocycles. The van der Waals surface area contributed by atoms with Gasteiger partial charge in [0.1, 0.15) is 0 Å². The van der Waals surface area contributed by atoms with Gasteiger partial charge in [-0.1, -0.05) is 38.9 Å². The highest BCUT2D eigenvalue weighted by molar-refractivity contribution is 6.77. The lowest BCUT2D eigenvalue weighted by Crippen LogP contribution is -2.44. The van der Waals surface area contributed by atoms with Crippen molar-refractivity contribution >= 4 is 8.07 Å². The topological polar surface area (TPSA) is 20.2 Å². The van der Waals surface area contributed by atoms with Gasteiger partial charge in [-0.2, -0.15) is 0 Å². The Morgan fingerprint density at radius 1 is 1.07 bits per heavy atom. The van der Waals surface area contributed by atoms with Gasteiger partial charge in [0.05, 0.1) is 5.60 Å². The molecule has 1 fully saturated rings. The minimum absolute atomic E-state index is 0.467. The van der Waals surface area contributed by atoms with Gasteiger partial charge in [0, 0.05) is 8.07 Å². The summed E-state index contributed by atoms with van der Waals surface area (Å²) in [4.78, 5) is 0. The van der Waals surface area contributed by atoms with E-state index >= 15 is 0 Å². The zero-order valence-electron chi connectivity index (χ0n) is 10.4. The lowest BCUT2D eigenvalue weighted by atomic mass is 9.78. The van der Waals surface area contributed by atoms with Crippen molar-refractivity contribution in [2.75, 3.05) is 0 Å². The summed E-state index contributed by atoms with van der Waals surface area (Å²) in [5, 5.41) is 10.2. The molecule has 84 valence electrons. The maximum atomic E-state index is 10.2. The van der Waals surface area contributed by atoms with E-state index in [2.05, 4.69) is 19.6 Å². The molecule has 1 saturated carbocycles. The Morgan fingerprint density at radius 2 is 1.57 bits per heavy atom. The Hall–Kier alpha value is 0.177. The fraction of sp³-hybridized carbons (Fsp3) is 1.00. The van der Waals surface area contributed by atoms with Gasteiger partial charge in [-0.15, -0.1) is 0 Å². The van der Waals surface area contributed by atoms with Crippen LogP contribution >= 0.6 is 0 Å². The van der Waals surface area contributed by atoms with Crippen LogP contribution in [0.1, 0.15) is 39.5 Å². The molecule has 2 atom stereocenters. The summed E-state index contributed by atoms with van der Waals surface area (Å²) in [7, 11) is -1.09. The first kappa shape index (κ1) is 12.2. The van der Waals surface area contributed by atoms with E-state index in [1.807, 2.05) is 13.8 Å². The summed E-state index contributed by atoms with van der Waals surface area (Å²) in [5.41, 5.74) is 0.349. The summed E-state index contributed by atoms with van der Waals surface area (Å²) >= 11 is 0. The highest BCUT2D eigenvalue weighted by atomic mass is 28.3. The smallest absolute Gasteiger partial charge is 0.0619 e. The molecule has 0 aromatic carbocycles. The third-order valence-corrected chi connectivity index (χ3v) is 6.70. The van der Waals surface area contributed by atoms with Gasteiger partial charge >= 0.3 is 0 Å². The van der Waals surface area contributed by atoms with Crippen LogP contribution in [0.4, 0.5) is 0 Å². The van der Waals surface area contributed by atoms with Gasteiger partial charge in [-0.25, -0.2) is 0 Å². The third kappa shape index (κ3) is 2.83. The van der Waals surface area contributed by atoms with E-state index in [4.69, 9.17) is 0 Å². The maximum Gasteiger partial charge on any atom is 0.0619 e. The zero-order chi connectivity index (χ0) is 11.0. The summed E-state index contributed by atoms with van der Waals surface area (Å²) in [6, 6.07) is 0. The predicted molar refractivity (Wildman–Crippen MR) is 65.4 cm³/mol. The third-order valence-electron chi connectivity index (χ3n) is 3.79. The van der Waals surface area contributed by atoms with Gasteiger partial charge in [-0.3, -0.25) is 0 Å². The van der Waals surface area contributed by atoms with Crippen LogP contribution in [0.25, 0.3) is 0 Å². The molecule has 0 aromatic heterocycles. The van der Waals surface area contributed by atoms with Crippen molar-refractivity contribution in [3.8, 4) is 0 Å². The van der Waals surface area contributed by atoms with E-state index in [1.54, 1.807) is 0 Å². The summed E-state index contributed by atoms with van der Waals surface area (Å²) < 4.78 is 0. The molecular weight excluding hydrogens is 188 g/mol. The molecule has 1 N–H and O–H groups in total. The SMILES string of the molecule is CC(C)(O)[C@@H]1CCCC[C@H]1[Si](C)(C)C. The second kappa shape index (κ2) is 3.97. The van der Waals surface area contributed by atoms with Crippen LogP contribution in [-0.2, 0) is 0 Å². The predicted octanol–water partition coefficient (Wildman–Crippen LogP) is 3.66. The van der Waals surface area contributed by atoms with Crippen LogP contribution in [0.5, 0.6) is 0 Å². The van der Waals surface area contributed by atoms with Crippen molar-refractivity contribution in [1.82, 2.24) is 0 Å². The Balaban J connectivity index is 2.80. The van der Waals surface area contributed by atoms with Crippen molar-refractivity contribution in [3.05, 3.63) is 0 Å². The van der Waals surface area contributed by atoms with Crippen LogP contribution < -0.4 is 0 Å². The second-order valence-corrected chi connectivity index (χ2v) is 12.0. The Kier molecular flexibility index (Phi) is 3.48. The highest BCUT2D eigenvalue weighted by Gasteiger charge is 2.41. The largest absolute Gasteiger partial charge is 0.390 e. The molecule has 0 saturated heterocycles. The lowest BCUT2D eigenvalue weighted by Gasteiger charge is -2.45. The fourth-order valence-electron chi connectivity index (χ4n) is 3.01. The van der Waals surface area contributed by atoms with Crippen molar-refractivity contribution in [2.24, 2.45) is 5.92 Å². The zero-order valence-corrected chi connectivity index (χ0v) is 11.4. The molecule has 2 heteroatoms. The van der Waals surface area contributed by atoms with Crippen molar-refractivity contribution in [1.29, 1.82) is 0 Å². The van der Waals surface area contributed by atoms with Gasteiger partial charge in [0.2, 0.25) is 0 Å². The van der Waals surface area contributed by atoms with Gasteiger partial charge in [-0.05, 0) is 31.7 Å². The number of hydrogen-bond acceptors (Lipinski definition) is 1. The van der Waals surface area contributed by atoms with E-state index in [0.29, 0.717) is 5.92 Å². The van der Waals surface area contributed by atoms with Crippen LogP contribution in [0.15, 0.2) is 0 Å². The van der Waals surface area contributed by atoms with Crippen molar-refractivity contribution in [2.45, 2.75) is 70.3 Å². The second-order valence-electron chi connectivity index (χ2n) is 6.52. The first-order valence-electron chi connectivity index (χ1n) is 5.95. The molecular formula is C12H26OSi. The van der Waals surface area contributed by atoms with E-state index in [-0.39, 0.29) is 0 Å². The molecule has 0 amide bonds. The molecule has 1 nitrogen and oxygen atoms in total. The van der Waals surface area contributed by atoms with Crippen LogP contribution in [0, 0.1) is 5.92 Å². The summed E-state index contributed by atoms with van der Waals surface area (Å²) in [5.74, 6) is 0.544. The quantitative estimate of drug-likeness (QED) is 0.696. The minimum atomic E-state index is -1.09. The molecule has 0 radical (unpaired) electrons. The molecule has 0 aliphatic heterocycles. The summed E-state index contributed by atoms with van der Waals surface area (Å²) in [6.45, 7) is 11.3. The number of hydrogen-bond donors (Lipinski definition) is 1. The molecule has 0 aromatic rings. The molecule has 14 heavy (non-hydrogen) atoms. The number of rotatable bonds is 2. The first-order chi connectivity index (χ1) is 6.23. The van der Waals surface area contributed by atoms with E-state index in [9.17, 15) is 5.11 Å². The van der Waals surface area contributed by atoms with Gasteiger partial charge in [0.25, 0.3) is 0 Å².